The lowest BCUT2D eigenvalue weighted by Gasteiger charge is -2.18. The highest BCUT2D eigenvalue weighted by Crippen LogP contribution is 2.25. The van der Waals surface area contributed by atoms with E-state index in [1.54, 1.807) is 0 Å². The van der Waals surface area contributed by atoms with E-state index in [4.69, 9.17) is 11.5 Å². The van der Waals surface area contributed by atoms with Crippen molar-refractivity contribution >= 4 is 0 Å². The smallest absolute Gasteiger partial charge is 0.119 e. The Labute approximate surface area is 83.2 Å². The molecular formula is C10H16N2O2. The van der Waals surface area contributed by atoms with Crippen LogP contribution in [0.4, 0.5) is 0 Å². The summed E-state index contributed by atoms with van der Waals surface area (Å²) in [6.07, 6.45) is 0.748. The molecule has 0 radical (unpaired) electrons. The van der Waals surface area contributed by atoms with E-state index in [1.165, 1.54) is 18.2 Å². The minimum absolute atomic E-state index is 0.00115. The zero-order chi connectivity index (χ0) is 10.7. The fraction of sp³-hybridized carbons (Fsp3) is 0.400. The standard InChI is InChI=1S/C10H16N2O2/c1-2-9(11)10(12)6-3-7(13)5-8(14)4-6/h3-5,9-10,13-14H,2,11-12H2,1H3/t9-,10-/m0/s1. The molecule has 0 saturated heterocycles. The van der Waals surface area contributed by atoms with Crippen LogP contribution in [0.15, 0.2) is 18.2 Å². The fourth-order valence-electron chi connectivity index (χ4n) is 1.31. The summed E-state index contributed by atoms with van der Waals surface area (Å²) in [7, 11) is 0. The molecule has 1 aromatic carbocycles. The van der Waals surface area contributed by atoms with E-state index in [9.17, 15) is 10.2 Å². The van der Waals surface area contributed by atoms with E-state index in [2.05, 4.69) is 0 Å². The summed E-state index contributed by atoms with van der Waals surface area (Å²) in [4.78, 5) is 0. The van der Waals surface area contributed by atoms with Crippen molar-refractivity contribution in [3.63, 3.8) is 0 Å². The van der Waals surface area contributed by atoms with E-state index >= 15 is 0 Å². The summed E-state index contributed by atoms with van der Waals surface area (Å²) in [6, 6.07) is 3.75. The predicted molar refractivity (Wildman–Crippen MR) is 55.0 cm³/mol. The Morgan fingerprint density at radius 3 is 2.07 bits per heavy atom. The normalized spacial score (nSPS) is 15.1. The molecule has 0 fully saturated rings. The van der Waals surface area contributed by atoms with Crippen molar-refractivity contribution in [3.05, 3.63) is 23.8 Å². The number of hydrogen-bond acceptors (Lipinski definition) is 4. The van der Waals surface area contributed by atoms with Crippen molar-refractivity contribution in [1.82, 2.24) is 0 Å². The first-order valence-electron chi connectivity index (χ1n) is 4.58. The van der Waals surface area contributed by atoms with Crippen LogP contribution in [0.1, 0.15) is 24.9 Å². The third kappa shape index (κ3) is 2.37. The van der Waals surface area contributed by atoms with Crippen LogP contribution in [-0.4, -0.2) is 16.3 Å². The van der Waals surface area contributed by atoms with Crippen molar-refractivity contribution in [3.8, 4) is 11.5 Å². The number of nitrogens with two attached hydrogens (primary N) is 2. The molecule has 0 aliphatic heterocycles. The lowest BCUT2D eigenvalue weighted by atomic mass is 9.99. The van der Waals surface area contributed by atoms with Crippen LogP contribution in [0.5, 0.6) is 11.5 Å². The van der Waals surface area contributed by atoms with Gasteiger partial charge in [0.05, 0.1) is 0 Å². The summed E-state index contributed by atoms with van der Waals surface area (Å²) in [5, 5.41) is 18.5. The second kappa shape index (κ2) is 4.30. The van der Waals surface area contributed by atoms with Gasteiger partial charge in [0, 0.05) is 18.2 Å². The molecule has 0 aliphatic carbocycles. The average Bonchev–Trinajstić information content (AvgIpc) is 2.14. The van der Waals surface area contributed by atoms with Crippen molar-refractivity contribution in [2.45, 2.75) is 25.4 Å². The van der Waals surface area contributed by atoms with Gasteiger partial charge < -0.3 is 21.7 Å². The van der Waals surface area contributed by atoms with Gasteiger partial charge in [0.2, 0.25) is 0 Å². The fourth-order valence-corrected chi connectivity index (χ4v) is 1.31. The van der Waals surface area contributed by atoms with E-state index in [0.717, 1.165) is 6.42 Å². The molecule has 14 heavy (non-hydrogen) atoms. The third-order valence-electron chi connectivity index (χ3n) is 2.24. The molecule has 0 spiro atoms. The summed E-state index contributed by atoms with van der Waals surface area (Å²) in [5.74, 6) is -0.00231. The highest BCUT2D eigenvalue weighted by Gasteiger charge is 2.14. The molecule has 1 aromatic rings. The minimum Gasteiger partial charge on any atom is -0.508 e. The maximum atomic E-state index is 9.24. The molecule has 0 saturated carbocycles. The molecule has 4 nitrogen and oxygen atoms in total. The van der Waals surface area contributed by atoms with Gasteiger partial charge in [-0.1, -0.05) is 6.92 Å². The molecule has 4 heteroatoms. The van der Waals surface area contributed by atoms with Gasteiger partial charge in [-0.15, -0.1) is 0 Å². The lowest BCUT2D eigenvalue weighted by Crippen LogP contribution is -2.33. The maximum Gasteiger partial charge on any atom is 0.119 e. The summed E-state index contributed by atoms with van der Waals surface area (Å²) in [5.41, 5.74) is 12.2. The monoisotopic (exact) mass is 196 g/mol. The number of benzene rings is 1. The number of hydrogen-bond donors (Lipinski definition) is 4. The Morgan fingerprint density at radius 1 is 1.14 bits per heavy atom. The highest BCUT2D eigenvalue weighted by molar-refractivity contribution is 5.38. The highest BCUT2D eigenvalue weighted by atomic mass is 16.3. The van der Waals surface area contributed by atoms with E-state index in [-0.39, 0.29) is 23.6 Å². The van der Waals surface area contributed by atoms with Crippen LogP contribution in [0.3, 0.4) is 0 Å². The topological polar surface area (TPSA) is 92.5 Å². The Hall–Kier alpha value is -1.26. The van der Waals surface area contributed by atoms with Gasteiger partial charge in [0.15, 0.2) is 0 Å². The SMILES string of the molecule is CC[C@H](N)[C@@H](N)c1cc(O)cc(O)c1. The molecule has 2 atom stereocenters. The molecule has 0 unspecified atom stereocenters. The van der Waals surface area contributed by atoms with Crippen molar-refractivity contribution in [2.75, 3.05) is 0 Å². The van der Waals surface area contributed by atoms with Crippen LogP contribution >= 0.6 is 0 Å². The van der Waals surface area contributed by atoms with Gasteiger partial charge in [0.1, 0.15) is 11.5 Å². The van der Waals surface area contributed by atoms with E-state index < -0.39 is 0 Å². The predicted octanol–water partition coefficient (Wildman–Crippen LogP) is 0.835. The first kappa shape index (κ1) is 10.8. The Morgan fingerprint density at radius 2 is 1.64 bits per heavy atom. The minimum atomic E-state index is -0.363. The van der Waals surface area contributed by atoms with Gasteiger partial charge in [-0.2, -0.15) is 0 Å². The van der Waals surface area contributed by atoms with Crippen molar-refractivity contribution in [1.29, 1.82) is 0 Å². The third-order valence-corrected chi connectivity index (χ3v) is 2.24. The summed E-state index contributed by atoms with van der Waals surface area (Å²) < 4.78 is 0. The zero-order valence-electron chi connectivity index (χ0n) is 8.14. The summed E-state index contributed by atoms with van der Waals surface area (Å²) in [6.45, 7) is 1.94. The molecule has 0 amide bonds. The van der Waals surface area contributed by atoms with Gasteiger partial charge in [-0.3, -0.25) is 0 Å². The van der Waals surface area contributed by atoms with Gasteiger partial charge in [-0.25, -0.2) is 0 Å². The van der Waals surface area contributed by atoms with Gasteiger partial charge in [0.25, 0.3) is 0 Å². The molecule has 0 heterocycles. The second-order valence-electron chi connectivity index (χ2n) is 3.38. The quantitative estimate of drug-likeness (QED) is 0.576. The van der Waals surface area contributed by atoms with Crippen LogP contribution < -0.4 is 11.5 Å². The van der Waals surface area contributed by atoms with Crippen LogP contribution in [0.25, 0.3) is 0 Å². The molecule has 0 bridgehead atoms. The van der Waals surface area contributed by atoms with Gasteiger partial charge >= 0.3 is 0 Å². The molecular weight excluding hydrogens is 180 g/mol. The van der Waals surface area contributed by atoms with Crippen molar-refractivity contribution in [2.24, 2.45) is 11.5 Å². The average molecular weight is 196 g/mol. The van der Waals surface area contributed by atoms with Crippen LogP contribution in [0.2, 0.25) is 0 Å². The summed E-state index contributed by atoms with van der Waals surface area (Å²) >= 11 is 0. The molecule has 6 N–H and O–H groups in total. The molecule has 78 valence electrons. The number of rotatable bonds is 3. The number of aromatic hydroxyl groups is 2. The first-order valence-corrected chi connectivity index (χ1v) is 4.58. The van der Waals surface area contributed by atoms with E-state index in [0.29, 0.717) is 5.56 Å². The van der Waals surface area contributed by atoms with Crippen LogP contribution in [0, 0.1) is 0 Å². The van der Waals surface area contributed by atoms with Gasteiger partial charge in [-0.05, 0) is 24.1 Å². The van der Waals surface area contributed by atoms with E-state index in [1.807, 2.05) is 6.92 Å². The molecule has 1 rings (SSSR count). The second-order valence-corrected chi connectivity index (χ2v) is 3.38. The Bertz CT molecular complexity index is 295. The zero-order valence-corrected chi connectivity index (χ0v) is 8.14. The number of phenolic OH excluding ortho intramolecular Hbond substituents is 2. The lowest BCUT2D eigenvalue weighted by molar-refractivity contribution is 0.445. The largest absolute Gasteiger partial charge is 0.508 e. The van der Waals surface area contributed by atoms with Crippen LogP contribution in [-0.2, 0) is 0 Å². The maximum absolute atomic E-state index is 9.24. The molecule has 0 aromatic heterocycles. The van der Waals surface area contributed by atoms with Crippen molar-refractivity contribution < 1.29 is 10.2 Å². The Kier molecular flexibility index (Phi) is 3.33. The first-order chi connectivity index (χ1) is 6.54. The molecule has 0 aliphatic rings. The Balaban J connectivity index is 2.94. The number of phenols is 2.